The maximum atomic E-state index is 12.8. The molecule has 0 N–H and O–H groups in total. The van der Waals surface area contributed by atoms with Gasteiger partial charge in [-0.25, -0.2) is 0 Å². The lowest BCUT2D eigenvalue weighted by Gasteiger charge is -2.18. The summed E-state index contributed by atoms with van der Waals surface area (Å²) in [5.74, 6) is -0.850. The van der Waals surface area contributed by atoms with Gasteiger partial charge in [0.1, 0.15) is 13.2 Å². The quantitative estimate of drug-likeness (QED) is 0.0261. The summed E-state index contributed by atoms with van der Waals surface area (Å²) in [7, 11) is 0. The second-order valence-corrected chi connectivity index (χ2v) is 21.7. The number of hydrogen-bond acceptors (Lipinski definition) is 6. The fourth-order valence-electron chi connectivity index (χ4n) is 9.74. The van der Waals surface area contributed by atoms with E-state index in [-0.39, 0.29) is 31.1 Å². The molecular formula is C64H122O6. The lowest BCUT2D eigenvalue weighted by atomic mass is 10.0. The van der Waals surface area contributed by atoms with Crippen LogP contribution in [0.25, 0.3) is 0 Å². The van der Waals surface area contributed by atoms with Crippen LogP contribution < -0.4 is 0 Å². The molecule has 0 heterocycles. The molecule has 0 aliphatic heterocycles. The zero-order valence-corrected chi connectivity index (χ0v) is 47.6. The van der Waals surface area contributed by atoms with Crippen LogP contribution in [0.5, 0.6) is 0 Å². The normalized spacial score (nSPS) is 12.0. The van der Waals surface area contributed by atoms with Gasteiger partial charge in [-0.05, 0) is 44.9 Å². The molecule has 1 unspecified atom stereocenters. The number of allylic oxidation sites excluding steroid dienone is 2. The van der Waals surface area contributed by atoms with Gasteiger partial charge in [-0.15, -0.1) is 0 Å². The van der Waals surface area contributed by atoms with Crippen molar-refractivity contribution in [1.29, 1.82) is 0 Å². The SMILES string of the molecule is CCCCCCCC/C=C\CCCCCCCC(=O)OC(COC(=O)CCCCCCCCCCCCC)COC(=O)CCCCCCCCCCCCCCCCCCCCCCCCCCCC. The highest BCUT2D eigenvalue weighted by Crippen LogP contribution is 2.18. The molecule has 414 valence electrons. The minimum absolute atomic E-state index is 0.0673. The van der Waals surface area contributed by atoms with Crippen molar-refractivity contribution in [3.63, 3.8) is 0 Å². The topological polar surface area (TPSA) is 78.9 Å². The number of carbonyl (C=O) groups is 3. The molecule has 0 bridgehead atoms. The Hall–Kier alpha value is -1.85. The van der Waals surface area contributed by atoms with Gasteiger partial charge >= 0.3 is 17.9 Å². The van der Waals surface area contributed by atoms with Crippen LogP contribution in [0.1, 0.15) is 361 Å². The van der Waals surface area contributed by atoms with Crippen LogP contribution in [-0.2, 0) is 28.6 Å². The van der Waals surface area contributed by atoms with Crippen LogP contribution >= 0.6 is 0 Å². The van der Waals surface area contributed by atoms with Gasteiger partial charge in [0.15, 0.2) is 6.10 Å². The van der Waals surface area contributed by atoms with E-state index in [4.69, 9.17) is 14.2 Å². The van der Waals surface area contributed by atoms with Crippen molar-refractivity contribution >= 4 is 17.9 Å². The Balaban J connectivity index is 4.14. The summed E-state index contributed by atoms with van der Waals surface area (Å²) in [4.78, 5) is 38.2. The highest BCUT2D eigenvalue weighted by Gasteiger charge is 2.19. The summed E-state index contributed by atoms with van der Waals surface area (Å²) in [5, 5.41) is 0. The van der Waals surface area contributed by atoms with E-state index in [1.807, 2.05) is 0 Å². The van der Waals surface area contributed by atoms with Crippen LogP contribution in [0.4, 0.5) is 0 Å². The molecule has 0 amide bonds. The standard InChI is InChI=1S/C64H122O6/c1-4-7-10-13-16-19-22-24-26-27-28-29-30-31-32-33-34-35-36-38-39-42-45-48-51-54-57-63(66)69-60-61(59-68-62(65)56-53-50-47-44-41-21-18-15-12-9-6-3)70-64(67)58-55-52-49-46-43-40-37-25-23-20-17-14-11-8-5-2/h25,37,61H,4-24,26-36,38-60H2,1-3H3/b37-25-. The minimum atomic E-state index is -0.769. The highest BCUT2D eigenvalue weighted by molar-refractivity contribution is 5.71. The second-order valence-electron chi connectivity index (χ2n) is 21.7. The van der Waals surface area contributed by atoms with Crippen LogP contribution in [0, 0.1) is 0 Å². The molecule has 0 saturated carbocycles. The second kappa shape index (κ2) is 59.7. The Bertz CT molecular complexity index is 1090. The van der Waals surface area contributed by atoms with Crippen LogP contribution in [0.3, 0.4) is 0 Å². The molecule has 0 radical (unpaired) electrons. The van der Waals surface area contributed by atoms with E-state index in [0.29, 0.717) is 19.3 Å². The van der Waals surface area contributed by atoms with Gasteiger partial charge in [-0.3, -0.25) is 14.4 Å². The van der Waals surface area contributed by atoms with Gasteiger partial charge in [0, 0.05) is 19.3 Å². The van der Waals surface area contributed by atoms with Gasteiger partial charge in [0.05, 0.1) is 0 Å². The first-order valence-electron chi connectivity index (χ1n) is 31.7. The minimum Gasteiger partial charge on any atom is -0.462 e. The average Bonchev–Trinajstić information content (AvgIpc) is 3.36. The predicted octanol–water partition coefficient (Wildman–Crippen LogP) is 21.3. The molecule has 0 rings (SSSR count). The lowest BCUT2D eigenvalue weighted by Crippen LogP contribution is -2.30. The van der Waals surface area contributed by atoms with Gasteiger partial charge in [-0.1, -0.05) is 309 Å². The molecule has 0 fully saturated rings. The molecule has 0 aromatic heterocycles. The number of carbonyl (C=O) groups excluding carboxylic acids is 3. The summed E-state index contributed by atoms with van der Waals surface area (Å²) in [6.07, 6.45) is 69.5. The number of unbranched alkanes of at least 4 members (excludes halogenated alkanes) is 46. The maximum Gasteiger partial charge on any atom is 0.306 e. The fraction of sp³-hybridized carbons (Fsp3) is 0.922. The molecule has 0 aliphatic carbocycles. The molecule has 0 aliphatic rings. The lowest BCUT2D eigenvalue weighted by molar-refractivity contribution is -0.167. The Morgan fingerprint density at radius 3 is 0.714 bits per heavy atom. The zero-order chi connectivity index (χ0) is 50.7. The van der Waals surface area contributed by atoms with E-state index in [9.17, 15) is 14.4 Å². The predicted molar refractivity (Wildman–Crippen MR) is 303 cm³/mol. The van der Waals surface area contributed by atoms with Crippen molar-refractivity contribution in [3.05, 3.63) is 12.2 Å². The number of rotatable bonds is 59. The fourth-order valence-corrected chi connectivity index (χ4v) is 9.74. The molecule has 0 saturated heterocycles. The van der Waals surface area contributed by atoms with Crippen molar-refractivity contribution in [3.8, 4) is 0 Å². The molecule has 70 heavy (non-hydrogen) atoms. The summed E-state index contributed by atoms with van der Waals surface area (Å²) in [6.45, 7) is 6.69. The first-order valence-corrected chi connectivity index (χ1v) is 31.7. The van der Waals surface area contributed by atoms with E-state index >= 15 is 0 Å². The van der Waals surface area contributed by atoms with E-state index in [1.54, 1.807) is 0 Å². The van der Waals surface area contributed by atoms with Crippen molar-refractivity contribution in [2.75, 3.05) is 13.2 Å². The number of ether oxygens (including phenoxy) is 3. The molecular weight excluding hydrogens is 865 g/mol. The van der Waals surface area contributed by atoms with E-state index < -0.39 is 6.10 Å². The van der Waals surface area contributed by atoms with Gasteiger partial charge in [0.25, 0.3) is 0 Å². The van der Waals surface area contributed by atoms with Gasteiger partial charge < -0.3 is 14.2 Å². The van der Waals surface area contributed by atoms with Gasteiger partial charge in [0.2, 0.25) is 0 Å². The Labute approximate surface area is 437 Å². The third-order valence-electron chi connectivity index (χ3n) is 14.5. The first-order chi connectivity index (χ1) is 34.5. The third-order valence-corrected chi connectivity index (χ3v) is 14.5. The van der Waals surface area contributed by atoms with Crippen molar-refractivity contribution in [1.82, 2.24) is 0 Å². The summed E-state index contributed by atoms with van der Waals surface area (Å²) < 4.78 is 16.9. The van der Waals surface area contributed by atoms with Crippen molar-refractivity contribution in [2.24, 2.45) is 0 Å². The number of hydrogen-bond donors (Lipinski definition) is 0. The van der Waals surface area contributed by atoms with E-state index in [0.717, 1.165) is 64.2 Å². The highest BCUT2D eigenvalue weighted by atomic mass is 16.6. The van der Waals surface area contributed by atoms with Crippen LogP contribution in [-0.4, -0.2) is 37.2 Å². The molecule has 0 aromatic carbocycles. The summed E-state index contributed by atoms with van der Waals surface area (Å²) in [5.41, 5.74) is 0. The molecule has 1 atom stereocenters. The van der Waals surface area contributed by atoms with E-state index in [1.165, 1.54) is 257 Å². The summed E-state index contributed by atoms with van der Waals surface area (Å²) in [6, 6.07) is 0. The van der Waals surface area contributed by atoms with Crippen molar-refractivity contribution in [2.45, 2.75) is 367 Å². The molecule has 6 heteroatoms. The van der Waals surface area contributed by atoms with Crippen molar-refractivity contribution < 1.29 is 28.6 Å². The van der Waals surface area contributed by atoms with Gasteiger partial charge in [-0.2, -0.15) is 0 Å². The maximum absolute atomic E-state index is 12.8. The van der Waals surface area contributed by atoms with Crippen LogP contribution in [0.2, 0.25) is 0 Å². The smallest absolute Gasteiger partial charge is 0.306 e. The molecule has 6 nitrogen and oxygen atoms in total. The van der Waals surface area contributed by atoms with E-state index in [2.05, 4.69) is 32.9 Å². The Kier molecular flexibility index (Phi) is 58.1. The van der Waals surface area contributed by atoms with Crippen LogP contribution in [0.15, 0.2) is 12.2 Å². The Morgan fingerprint density at radius 2 is 0.471 bits per heavy atom. The average molecular weight is 988 g/mol. The third kappa shape index (κ3) is 57.1. The zero-order valence-electron chi connectivity index (χ0n) is 47.6. The first kappa shape index (κ1) is 68.2. The summed E-state index contributed by atoms with van der Waals surface area (Å²) >= 11 is 0. The number of esters is 3. The molecule has 0 spiro atoms. The Morgan fingerprint density at radius 1 is 0.271 bits per heavy atom. The monoisotopic (exact) mass is 987 g/mol. The largest absolute Gasteiger partial charge is 0.462 e. The molecule has 0 aromatic rings.